The van der Waals surface area contributed by atoms with Gasteiger partial charge in [-0.25, -0.2) is 4.98 Å². The highest BCUT2D eigenvalue weighted by atomic mass is 16.1. The molecule has 2 fully saturated rings. The fourth-order valence-corrected chi connectivity index (χ4v) is 4.76. The normalized spacial score (nSPS) is 18.8. The van der Waals surface area contributed by atoms with E-state index >= 15 is 0 Å². The second-order valence-corrected chi connectivity index (χ2v) is 8.75. The predicted octanol–water partition coefficient (Wildman–Crippen LogP) is 4.56. The van der Waals surface area contributed by atoms with Crippen molar-refractivity contribution in [3.05, 3.63) is 54.2 Å². The lowest BCUT2D eigenvalue weighted by molar-refractivity contribution is -0.122. The second-order valence-electron chi connectivity index (χ2n) is 8.75. The van der Waals surface area contributed by atoms with Crippen LogP contribution in [0.4, 0.5) is 11.5 Å². The SMILES string of the molecule is CC(NC(=O)CC1CCCCC1)c1cccc(N2CCN(c3ccccn3)CC2)c1. The Hall–Kier alpha value is -2.56. The number of nitrogens with zero attached hydrogens (tertiary/aromatic N) is 3. The molecule has 1 N–H and O–H groups in total. The molecule has 4 rings (SSSR count). The summed E-state index contributed by atoms with van der Waals surface area (Å²) < 4.78 is 0. The second kappa shape index (κ2) is 9.96. The zero-order valence-electron chi connectivity index (χ0n) is 18.1. The molecule has 5 nitrogen and oxygen atoms in total. The van der Waals surface area contributed by atoms with Gasteiger partial charge in [0.2, 0.25) is 5.91 Å². The van der Waals surface area contributed by atoms with Gasteiger partial charge in [0.15, 0.2) is 0 Å². The van der Waals surface area contributed by atoms with E-state index in [0.29, 0.717) is 12.3 Å². The van der Waals surface area contributed by atoms with Crippen molar-refractivity contribution >= 4 is 17.4 Å². The Bertz CT molecular complexity index is 811. The Morgan fingerprint density at radius 3 is 2.53 bits per heavy atom. The van der Waals surface area contributed by atoms with E-state index in [4.69, 9.17) is 0 Å². The van der Waals surface area contributed by atoms with Crippen molar-refractivity contribution in [1.29, 1.82) is 0 Å². The van der Waals surface area contributed by atoms with Crippen molar-refractivity contribution in [2.75, 3.05) is 36.0 Å². The van der Waals surface area contributed by atoms with E-state index in [9.17, 15) is 4.79 Å². The van der Waals surface area contributed by atoms with Crippen molar-refractivity contribution in [2.45, 2.75) is 51.5 Å². The summed E-state index contributed by atoms with van der Waals surface area (Å²) in [7, 11) is 0. The molecule has 1 aromatic heterocycles. The Labute approximate surface area is 180 Å². The summed E-state index contributed by atoms with van der Waals surface area (Å²) in [5, 5.41) is 3.23. The summed E-state index contributed by atoms with van der Waals surface area (Å²) >= 11 is 0. The standard InChI is InChI=1S/C25H34N4O/c1-20(27-25(30)18-21-8-3-2-4-9-21)22-10-7-11-23(19-22)28-14-16-29(17-15-28)24-12-5-6-13-26-24/h5-7,10-13,19-21H,2-4,8-9,14-18H2,1H3,(H,27,30). The molecule has 1 saturated heterocycles. The van der Waals surface area contributed by atoms with Crippen molar-refractivity contribution in [3.8, 4) is 0 Å². The van der Waals surface area contributed by atoms with Gasteiger partial charge < -0.3 is 15.1 Å². The Morgan fingerprint density at radius 2 is 1.80 bits per heavy atom. The number of anilines is 2. The van der Waals surface area contributed by atoms with Crippen LogP contribution in [0.5, 0.6) is 0 Å². The maximum Gasteiger partial charge on any atom is 0.220 e. The minimum absolute atomic E-state index is 0.0378. The van der Waals surface area contributed by atoms with Crippen LogP contribution in [0.25, 0.3) is 0 Å². The maximum atomic E-state index is 12.5. The van der Waals surface area contributed by atoms with Gasteiger partial charge in [-0.1, -0.05) is 37.5 Å². The summed E-state index contributed by atoms with van der Waals surface area (Å²) in [5.41, 5.74) is 2.42. The molecule has 1 aliphatic heterocycles. The maximum absolute atomic E-state index is 12.5. The van der Waals surface area contributed by atoms with Crippen molar-refractivity contribution < 1.29 is 4.79 Å². The number of amides is 1. The molecular formula is C25H34N4O. The molecule has 2 aliphatic rings. The number of carbonyl (C=O) groups is 1. The molecular weight excluding hydrogens is 372 g/mol. The number of carbonyl (C=O) groups excluding carboxylic acids is 1. The summed E-state index contributed by atoms with van der Waals surface area (Å²) in [6.45, 7) is 5.98. The van der Waals surface area contributed by atoms with Gasteiger partial charge in [0, 0.05) is 44.5 Å². The number of piperazine rings is 1. The number of benzene rings is 1. The molecule has 2 heterocycles. The van der Waals surface area contributed by atoms with Crippen LogP contribution < -0.4 is 15.1 Å². The van der Waals surface area contributed by atoms with E-state index in [1.807, 2.05) is 18.3 Å². The summed E-state index contributed by atoms with van der Waals surface area (Å²) in [5.74, 6) is 1.83. The van der Waals surface area contributed by atoms with Crippen molar-refractivity contribution in [1.82, 2.24) is 10.3 Å². The third-order valence-corrected chi connectivity index (χ3v) is 6.56. The molecule has 1 atom stereocenters. The molecule has 5 heteroatoms. The highest BCUT2D eigenvalue weighted by molar-refractivity contribution is 5.76. The van der Waals surface area contributed by atoms with E-state index in [1.165, 1.54) is 43.4 Å². The van der Waals surface area contributed by atoms with E-state index in [0.717, 1.165) is 32.0 Å². The molecule has 0 radical (unpaired) electrons. The summed E-state index contributed by atoms with van der Waals surface area (Å²) in [6, 6.07) is 14.8. The number of aromatic nitrogens is 1. The van der Waals surface area contributed by atoms with Crippen LogP contribution in [-0.2, 0) is 4.79 Å². The smallest absolute Gasteiger partial charge is 0.220 e. The minimum atomic E-state index is 0.0378. The van der Waals surface area contributed by atoms with Gasteiger partial charge in [0.25, 0.3) is 0 Å². The monoisotopic (exact) mass is 406 g/mol. The summed E-state index contributed by atoms with van der Waals surface area (Å²) in [6.07, 6.45) is 8.85. The first-order valence-electron chi connectivity index (χ1n) is 11.5. The minimum Gasteiger partial charge on any atom is -0.368 e. The Kier molecular flexibility index (Phi) is 6.88. The van der Waals surface area contributed by atoms with Crippen molar-refractivity contribution in [2.24, 2.45) is 5.92 Å². The topological polar surface area (TPSA) is 48.5 Å². The predicted molar refractivity (Wildman–Crippen MR) is 123 cm³/mol. The molecule has 1 saturated carbocycles. The average Bonchev–Trinajstić information content (AvgIpc) is 2.80. The molecule has 0 spiro atoms. The number of hydrogen-bond donors (Lipinski definition) is 1. The van der Waals surface area contributed by atoms with Gasteiger partial charge in [0.05, 0.1) is 6.04 Å². The van der Waals surface area contributed by atoms with E-state index in [2.05, 4.69) is 57.4 Å². The number of rotatable bonds is 6. The molecule has 160 valence electrons. The van der Waals surface area contributed by atoms with Gasteiger partial charge in [0.1, 0.15) is 5.82 Å². The van der Waals surface area contributed by atoms with Gasteiger partial charge >= 0.3 is 0 Å². The van der Waals surface area contributed by atoms with Crippen LogP contribution in [0.2, 0.25) is 0 Å². The van der Waals surface area contributed by atoms with Gasteiger partial charge in [-0.3, -0.25) is 4.79 Å². The van der Waals surface area contributed by atoms with Crippen LogP contribution >= 0.6 is 0 Å². The number of pyridine rings is 1. The van der Waals surface area contributed by atoms with Gasteiger partial charge in [-0.15, -0.1) is 0 Å². The van der Waals surface area contributed by atoms with E-state index in [-0.39, 0.29) is 11.9 Å². The average molecular weight is 407 g/mol. The third-order valence-electron chi connectivity index (χ3n) is 6.56. The zero-order chi connectivity index (χ0) is 20.8. The first-order chi connectivity index (χ1) is 14.7. The molecule has 1 amide bonds. The Balaban J connectivity index is 1.31. The molecule has 2 aromatic rings. The lowest BCUT2D eigenvalue weighted by Gasteiger charge is -2.37. The van der Waals surface area contributed by atoms with Crippen LogP contribution in [0.1, 0.15) is 57.1 Å². The van der Waals surface area contributed by atoms with Crippen LogP contribution in [-0.4, -0.2) is 37.1 Å². The Morgan fingerprint density at radius 1 is 1.03 bits per heavy atom. The zero-order valence-corrected chi connectivity index (χ0v) is 18.1. The number of hydrogen-bond acceptors (Lipinski definition) is 4. The van der Waals surface area contributed by atoms with Crippen LogP contribution in [0, 0.1) is 5.92 Å². The molecule has 0 bridgehead atoms. The van der Waals surface area contributed by atoms with Crippen molar-refractivity contribution in [3.63, 3.8) is 0 Å². The third kappa shape index (κ3) is 5.32. The first kappa shape index (κ1) is 20.7. The van der Waals surface area contributed by atoms with Gasteiger partial charge in [-0.05, 0) is 55.5 Å². The van der Waals surface area contributed by atoms with E-state index in [1.54, 1.807) is 0 Å². The summed E-state index contributed by atoms with van der Waals surface area (Å²) in [4.78, 5) is 21.8. The fourth-order valence-electron chi connectivity index (χ4n) is 4.76. The highest BCUT2D eigenvalue weighted by Crippen LogP contribution is 2.27. The highest BCUT2D eigenvalue weighted by Gasteiger charge is 2.20. The molecule has 30 heavy (non-hydrogen) atoms. The largest absolute Gasteiger partial charge is 0.368 e. The quantitative estimate of drug-likeness (QED) is 0.764. The lowest BCUT2D eigenvalue weighted by atomic mass is 9.87. The van der Waals surface area contributed by atoms with Crippen LogP contribution in [0.15, 0.2) is 48.7 Å². The van der Waals surface area contributed by atoms with E-state index < -0.39 is 0 Å². The molecule has 1 aliphatic carbocycles. The van der Waals surface area contributed by atoms with Crippen LogP contribution in [0.3, 0.4) is 0 Å². The van der Waals surface area contributed by atoms with Gasteiger partial charge in [-0.2, -0.15) is 0 Å². The molecule has 1 unspecified atom stereocenters. The lowest BCUT2D eigenvalue weighted by Crippen LogP contribution is -2.46. The fraction of sp³-hybridized carbons (Fsp3) is 0.520. The first-order valence-corrected chi connectivity index (χ1v) is 11.5. The number of nitrogens with one attached hydrogen (secondary N) is 1. The molecule has 1 aromatic carbocycles.